The number of amides is 1. The third-order valence-corrected chi connectivity index (χ3v) is 2.82. The molecule has 0 aromatic rings. The van der Waals surface area contributed by atoms with Crippen molar-refractivity contribution in [3.05, 3.63) is 0 Å². The second-order valence-corrected chi connectivity index (χ2v) is 4.22. The average Bonchev–Trinajstić information content (AvgIpc) is 2.31. The van der Waals surface area contributed by atoms with Crippen molar-refractivity contribution in [1.29, 1.82) is 0 Å². The van der Waals surface area contributed by atoms with Crippen LogP contribution in [0.3, 0.4) is 0 Å². The highest BCUT2D eigenvalue weighted by molar-refractivity contribution is 5.69. The van der Waals surface area contributed by atoms with Crippen molar-refractivity contribution in [3.8, 4) is 0 Å². The normalized spacial score (nSPS) is 10.7. The quantitative estimate of drug-likeness (QED) is 0.391. The van der Waals surface area contributed by atoms with Crippen LogP contribution >= 0.6 is 0 Å². The van der Waals surface area contributed by atoms with Gasteiger partial charge in [-0.1, -0.05) is 0 Å². The minimum absolute atomic E-state index is 0.0123. The SMILES string of the molecule is O=CNC(CCC(=O)O)(CCC(=O)O)CCC(=O)O. The van der Waals surface area contributed by atoms with Crippen molar-refractivity contribution in [2.45, 2.75) is 44.1 Å². The third-order valence-electron chi connectivity index (χ3n) is 2.82. The predicted octanol–water partition coefficient (Wildman–Crippen LogP) is 0.0656. The van der Waals surface area contributed by atoms with Crippen LogP contribution < -0.4 is 5.32 Å². The van der Waals surface area contributed by atoms with E-state index in [4.69, 9.17) is 15.3 Å². The second kappa shape index (κ2) is 8.06. The van der Waals surface area contributed by atoms with Gasteiger partial charge in [-0.2, -0.15) is 0 Å². The smallest absolute Gasteiger partial charge is 0.303 e. The number of nitrogens with one attached hydrogen (secondary N) is 1. The van der Waals surface area contributed by atoms with Gasteiger partial charge in [0.1, 0.15) is 0 Å². The molecule has 4 N–H and O–H groups in total. The molecule has 0 bridgehead atoms. The molecular formula is C11H17NO7. The lowest BCUT2D eigenvalue weighted by Crippen LogP contribution is -2.45. The van der Waals surface area contributed by atoms with E-state index in [1.165, 1.54) is 0 Å². The lowest BCUT2D eigenvalue weighted by atomic mass is 9.84. The lowest BCUT2D eigenvalue weighted by Gasteiger charge is -2.32. The summed E-state index contributed by atoms with van der Waals surface area (Å²) in [5.74, 6) is -3.28. The van der Waals surface area contributed by atoms with Crippen LogP contribution in [0.4, 0.5) is 0 Å². The predicted molar refractivity (Wildman–Crippen MR) is 62.5 cm³/mol. The largest absolute Gasteiger partial charge is 0.481 e. The Morgan fingerprint density at radius 3 is 1.37 bits per heavy atom. The number of hydrogen-bond acceptors (Lipinski definition) is 4. The molecule has 0 aliphatic heterocycles. The Morgan fingerprint density at radius 2 is 1.16 bits per heavy atom. The number of carbonyl (C=O) groups is 4. The third kappa shape index (κ3) is 7.74. The van der Waals surface area contributed by atoms with E-state index in [9.17, 15) is 19.2 Å². The first-order valence-electron chi connectivity index (χ1n) is 5.68. The zero-order valence-electron chi connectivity index (χ0n) is 10.3. The molecule has 0 saturated carbocycles. The molecule has 0 spiro atoms. The van der Waals surface area contributed by atoms with Crippen molar-refractivity contribution in [2.24, 2.45) is 0 Å². The molecule has 0 atom stereocenters. The number of rotatable bonds is 11. The van der Waals surface area contributed by atoms with Gasteiger partial charge < -0.3 is 20.6 Å². The fourth-order valence-corrected chi connectivity index (χ4v) is 1.76. The maximum Gasteiger partial charge on any atom is 0.303 e. The maximum atomic E-state index is 10.6. The molecule has 19 heavy (non-hydrogen) atoms. The van der Waals surface area contributed by atoms with E-state index in [1.807, 2.05) is 0 Å². The first-order chi connectivity index (χ1) is 8.81. The Bertz CT molecular complexity index is 307. The maximum absolute atomic E-state index is 10.6. The van der Waals surface area contributed by atoms with Crippen molar-refractivity contribution in [3.63, 3.8) is 0 Å². The molecule has 0 fully saturated rings. The van der Waals surface area contributed by atoms with Crippen LogP contribution in [0, 0.1) is 0 Å². The van der Waals surface area contributed by atoms with Gasteiger partial charge in [0.25, 0.3) is 0 Å². The van der Waals surface area contributed by atoms with Gasteiger partial charge in [-0.25, -0.2) is 0 Å². The number of carbonyl (C=O) groups excluding carboxylic acids is 1. The fourth-order valence-electron chi connectivity index (χ4n) is 1.76. The van der Waals surface area contributed by atoms with E-state index < -0.39 is 23.4 Å². The van der Waals surface area contributed by atoms with E-state index in [0.29, 0.717) is 6.41 Å². The highest BCUT2D eigenvalue weighted by Crippen LogP contribution is 2.25. The number of hydrogen-bond donors (Lipinski definition) is 4. The number of carboxylic acid groups (broad SMARTS) is 3. The average molecular weight is 275 g/mol. The zero-order valence-corrected chi connectivity index (χ0v) is 10.3. The Kier molecular flexibility index (Phi) is 7.16. The summed E-state index contributed by atoms with van der Waals surface area (Å²) in [5, 5.41) is 28.3. The molecule has 0 heterocycles. The fraction of sp³-hybridized carbons (Fsp3) is 0.636. The summed E-state index contributed by atoms with van der Waals surface area (Å²) < 4.78 is 0. The van der Waals surface area contributed by atoms with Gasteiger partial charge in [-0.15, -0.1) is 0 Å². The van der Waals surface area contributed by atoms with E-state index in [-0.39, 0.29) is 38.5 Å². The summed E-state index contributed by atoms with van der Waals surface area (Å²) in [7, 11) is 0. The van der Waals surface area contributed by atoms with Gasteiger partial charge in [-0.05, 0) is 19.3 Å². The van der Waals surface area contributed by atoms with Crippen LogP contribution in [0.2, 0.25) is 0 Å². The summed E-state index contributed by atoms with van der Waals surface area (Å²) >= 11 is 0. The Hall–Kier alpha value is -2.12. The molecule has 0 radical (unpaired) electrons. The van der Waals surface area contributed by atoms with Crippen LogP contribution in [-0.2, 0) is 19.2 Å². The molecule has 0 aliphatic carbocycles. The lowest BCUT2D eigenvalue weighted by molar-refractivity contribution is -0.138. The summed E-state index contributed by atoms with van der Waals surface area (Å²) in [6.07, 6.45) is -0.531. The van der Waals surface area contributed by atoms with Gasteiger partial charge in [0.2, 0.25) is 6.41 Å². The van der Waals surface area contributed by atoms with E-state index in [1.54, 1.807) is 0 Å². The molecular weight excluding hydrogens is 258 g/mol. The van der Waals surface area contributed by atoms with Gasteiger partial charge in [-0.3, -0.25) is 19.2 Å². The summed E-state index contributed by atoms with van der Waals surface area (Å²) in [4.78, 5) is 42.3. The Labute approximate surface area is 109 Å². The van der Waals surface area contributed by atoms with Crippen molar-refractivity contribution >= 4 is 24.3 Å². The molecule has 0 aromatic heterocycles. The highest BCUT2D eigenvalue weighted by atomic mass is 16.4. The molecule has 0 aromatic carbocycles. The summed E-state index contributed by atoms with van der Waals surface area (Å²) in [5.41, 5.74) is -1.11. The molecule has 8 heteroatoms. The Morgan fingerprint density at radius 1 is 0.842 bits per heavy atom. The van der Waals surface area contributed by atoms with E-state index >= 15 is 0 Å². The van der Waals surface area contributed by atoms with E-state index in [0.717, 1.165) is 0 Å². The highest BCUT2D eigenvalue weighted by Gasteiger charge is 2.31. The van der Waals surface area contributed by atoms with Crippen LogP contribution in [0.25, 0.3) is 0 Å². The van der Waals surface area contributed by atoms with Crippen LogP contribution in [0.1, 0.15) is 38.5 Å². The van der Waals surface area contributed by atoms with Crippen LogP contribution in [-0.4, -0.2) is 45.2 Å². The first kappa shape index (κ1) is 16.9. The van der Waals surface area contributed by atoms with Crippen molar-refractivity contribution < 1.29 is 34.5 Å². The van der Waals surface area contributed by atoms with Crippen molar-refractivity contribution in [1.82, 2.24) is 5.32 Å². The molecule has 0 saturated heterocycles. The molecule has 108 valence electrons. The molecule has 0 unspecified atom stereocenters. The summed E-state index contributed by atoms with van der Waals surface area (Å²) in [6.45, 7) is 0. The van der Waals surface area contributed by atoms with Gasteiger partial charge in [0.15, 0.2) is 0 Å². The van der Waals surface area contributed by atoms with Crippen LogP contribution in [0.5, 0.6) is 0 Å². The summed E-state index contributed by atoms with van der Waals surface area (Å²) in [6, 6.07) is 0. The van der Waals surface area contributed by atoms with E-state index in [2.05, 4.69) is 5.32 Å². The molecule has 1 amide bonds. The van der Waals surface area contributed by atoms with Crippen molar-refractivity contribution in [2.75, 3.05) is 0 Å². The number of aliphatic carboxylic acids is 3. The molecule has 0 aliphatic rings. The van der Waals surface area contributed by atoms with Gasteiger partial charge >= 0.3 is 17.9 Å². The monoisotopic (exact) mass is 275 g/mol. The van der Waals surface area contributed by atoms with Gasteiger partial charge in [0, 0.05) is 24.8 Å². The Balaban J connectivity index is 4.84. The minimum Gasteiger partial charge on any atom is -0.481 e. The number of carboxylic acids is 3. The first-order valence-corrected chi connectivity index (χ1v) is 5.68. The van der Waals surface area contributed by atoms with Crippen LogP contribution in [0.15, 0.2) is 0 Å². The standard InChI is InChI=1S/C11H17NO7/c13-7-12-11(4-1-8(14)15,5-2-9(16)17)6-3-10(18)19/h7H,1-6H2,(H,12,13)(H,14,15)(H,16,17)(H,18,19). The zero-order chi connectivity index (χ0) is 14.9. The molecule has 0 rings (SSSR count). The topological polar surface area (TPSA) is 141 Å². The second-order valence-electron chi connectivity index (χ2n) is 4.22. The van der Waals surface area contributed by atoms with Gasteiger partial charge in [0.05, 0.1) is 0 Å². The minimum atomic E-state index is -1.11. The molecule has 8 nitrogen and oxygen atoms in total.